The van der Waals surface area contributed by atoms with Gasteiger partial charge < -0.3 is 0 Å². The zero-order chi connectivity index (χ0) is 10.6. The highest BCUT2D eigenvalue weighted by Gasteiger charge is 1.95. The van der Waals surface area contributed by atoms with Crippen molar-refractivity contribution in [3.8, 4) is 0 Å². The maximum absolute atomic E-state index is 3.59. The van der Waals surface area contributed by atoms with E-state index in [1.54, 1.807) is 0 Å². The number of unbranched alkanes of at least 4 members (excludes halogenated alkanes) is 8. The number of alkyl halides is 1. The quantitative estimate of drug-likeness (QED) is 0.351. The molecule has 0 aromatic rings. The average Bonchev–Trinajstić information content (AvgIpc) is 2.15. The first kappa shape index (κ1) is 14.5. The topological polar surface area (TPSA) is 0 Å². The Morgan fingerprint density at radius 1 is 0.786 bits per heavy atom. The van der Waals surface area contributed by atoms with Crippen LogP contribution in [0.2, 0.25) is 0 Å². The second-order valence-corrected chi connectivity index (χ2v) is 5.96. The van der Waals surface area contributed by atoms with Crippen molar-refractivity contribution in [3.05, 3.63) is 0 Å². The summed E-state index contributed by atoms with van der Waals surface area (Å²) in [5, 5.41) is 0. The Balaban J connectivity index is 2.85. The minimum Gasteiger partial charge on any atom is -0.0894 e. The molecule has 0 aromatic heterocycles. The smallest absolute Gasteiger partial charge is 0.0117 e. The third kappa shape index (κ3) is 12.5. The number of halogens is 1. The molecule has 0 saturated heterocycles. The molecule has 14 heavy (non-hydrogen) atoms. The molecule has 0 amide bonds. The fourth-order valence-electron chi connectivity index (χ4n) is 1.74. The van der Waals surface area contributed by atoms with Gasteiger partial charge in [-0.05, 0) is 6.42 Å². The van der Waals surface area contributed by atoms with Crippen molar-refractivity contribution < 1.29 is 0 Å². The molecule has 0 aliphatic heterocycles. The van der Waals surface area contributed by atoms with E-state index in [0.29, 0.717) is 4.83 Å². The van der Waals surface area contributed by atoms with Crippen molar-refractivity contribution in [1.82, 2.24) is 0 Å². The fourth-order valence-corrected chi connectivity index (χ4v) is 2.06. The molecule has 0 N–H and O–H groups in total. The summed E-state index contributed by atoms with van der Waals surface area (Å²) in [5.41, 5.74) is 0. The molecule has 0 rings (SSSR count). The van der Waals surface area contributed by atoms with E-state index in [0.717, 1.165) is 0 Å². The van der Waals surface area contributed by atoms with E-state index in [1.807, 2.05) is 0 Å². The van der Waals surface area contributed by atoms with Gasteiger partial charge in [-0.25, -0.2) is 0 Å². The standard InChI is InChI=1S/C13H27Br/c1-3-4-5-6-7-8-9-10-11-12-13(2)14/h13H,3-12H2,1-2H3. The lowest BCUT2D eigenvalue weighted by molar-refractivity contribution is 0.557. The molecule has 0 radical (unpaired) electrons. The summed E-state index contributed by atoms with van der Waals surface area (Å²) in [6, 6.07) is 0. The molecular formula is C13H27Br. The average molecular weight is 263 g/mol. The Bertz CT molecular complexity index is 99.4. The minimum atomic E-state index is 0.715. The molecular weight excluding hydrogens is 236 g/mol. The first-order valence-corrected chi connectivity index (χ1v) is 7.33. The van der Waals surface area contributed by atoms with Crippen LogP contribution in [0.1, 0.15) is 78.1 Å². The zero-order valence-corrected chi connectivity index (χ0v) is 11.6. The van der Waals surface area contributed by atoms with Crippen molar-refractivity contribution in [3.63, 3.8) is 0 Å². The molecule has 0 aromatic carbocycles. The van der Waals surface area contributed by atoms with Crippen LogP contribution in [-0.4, -0.2) is 4.83 Å². The van der Waals surface area contributed by atoms with Crippen LogP contribution in [0.3, 0.4) is 0 Å². The Morgan fingerprint density at radius 3 is 1.64 bits per heavy atom. The second-order valence-electron chi connectivity index (χ2n) is 4.40. The molecule has 0 aliphatic carbocycles. The highest BCUT2D eigenvalue weighted by Crippen LogP contribution is 2.13. The fraction of sp³-hybridized carbons (Fsp3) is 1.00. The summed E-state index contributed by atoms with van der Waals surface area (Å²) in [6.07, 6.45) is 14.3. The van der Waals surface area contributed by atoms with Gasteiger partial charge in [-0.2, -0.15) is 0 Å². The van der Waals surface area contributed by atoms with Crippen molar-refractivity contribution >= 4 is 15.9 Å². The predicted octanol–water partition coefficient (Wildman–Crippen LogP) is 5.69. The van der Waals surface area contributed by atoms with E-state index in [-0.39, 0.29) is 0 Å². The van der Waals surface area contributed by atoms with Gasteiger partial charge in [0.1, 0.15) is 0 Å². The van der Waals surface area contributed by atoms with Gasteiger partial charge in [-0.3, -0.25) is 0 Å². The van der Waals surface area contributed by atoms with Crippen LogP contribution in [0.25, 0.3) is 0 Å². The normalized spacial score (nSPS) is 13.1. The minimum absolute atomic E-state index is 0.715. The molecule has 0 fully saturated rings. The third-order valence-electron chi connectivity index (χ3n) is 2.71. The van der Waals surface area contributed by atoms with Crippen LogP contribution in [0.15, 0.2) is 0 Å². The van der Waals surface area contributed by atoms with E-state index in [2.05, 4.69) is 29.8 Å². The van der Waals surface area contributed by atoms with Gasteiger partial charge in [-0.15, -0.1) is 0 Å². The van der Waals surface area contributed by atoms with Gasteiger partial charge in [0.05, 0.1) is 0 Å². The molecule has 0 saturated carbocycles. The lowest BCUT2D eigenvalue weighted by atomic mass is 10.1. The highest BCUT2D eigenvalue weighted by atomic mass is 79.9. The molecule has 0 nitrogen and oxygen atoms in total. The summed E-state index contributed by atoms with van der Waals surface area (Å²) in [7, 11) is 0. The molecule has 1 atom stereocenters. The molecule has 0 spiro atoms. The molecule has 0 bridgehead atoms. The van der Waals surface area contributed by atoms with Crippen LogP contribution >= 0.6 is 15.9 Å². The van der Waals surface area contributed by atoms with Crippen LogP contribution < -0.4 is 0 Å². The highest BCUT2D eigenvalue weighted by molar-refractivity contribution is 9.09. The first-order valence-electron chi connectivity index (χ1n) is 6.41. The van der Waals surface area contributed by atoms with Gasteiger partial charge >= 0.3 is 0 Å². The lowest BCUT2D eigenvalue weighted by Crippen LogP contribution is -1.89. The van der Waals surface area contributed by atoms with Gasteiger partial charge in [-0.1, -0.05) is 87.6 Å². The van der Waals surface area contributed by atoms with E-state index in [4.69, 9.17) is 0 Å². The summed E-state index contributed by atoms with van der Waals surface area (Å²) in [6.45, 7) is 4.52. The van der Waals surface area contributed by atoms with Crippen LogP contribution in [0, 0.1) is 0 Å². The van der Waals surface area contributed by atoms with Crippen molar-refractivity contribution in [1.29, 1.82) is 0 Å². The summed E-state index contributed by atoms with van der Waals surface area (Å²) in [4.78, 5) is 0.715. The van der Waals surface area contributed by atoms with Gasteiger partial charge in [0.15, 0.2) is 0 Å². The van der Waals surface area contributed by atoms with Gasteiger partial charge in [0.25, 0.3) is 0 Å². The predicted molar refractivity (Wildman–Crippen MR) is 70.2 cm³/mol. The monoisotopic (exact) mass is 262 g/mol. The Morgan fingerprint density at radius 2 is 1.21 bits per heavy atom. The Hall–Kier alpha value is 0.480. The molecule has 1 unspecified atom stereocenters. The van der Waals surface area contributed by atoms with E-state index in [9.17, 15) is 0 Å². The van der Waals surface area contributed by atoms with E-state index in [1.165, 1.54) is 64.2 Å². The summed E-state index contributed by atoms with van der Waals surface area (Å²) in [5.74, 6) is 0. The number of hydrogen-bond donors (Lipinski definition) is 0. The van der Waals surface area contributed by atoms with Crippen molar-refractivity contribution in [2.45, 2.75) is 82.9 Å². The van der Waals surface area contributed by atoms with Gasteiger partial charge in [0.2, 0.25) is 0 Å². The molecule has 0 aliphatic rings. The van der Waals surface area contributed by atoms with Crippen LogP contribution in [0.5, 0.6) is 0 Å². The lowest BCUT2D eigenvalue weighted by Gasteiger charge is -2.03. The maximum atomic E-state index is 3.59. The first-order chi connectivity index (χ1) is 6.77. The zero-order valence-electron chi connectivity index (χ0n) is 10.0. The van der Waals surface area contributed by atoms with E-state index >= 15 is 0 Å². The largest absolute Gasteiger partial charge is 0.0894 e. The number of hydrogen-bond acceptors (Lipinski definition) is 0. The summed E-state index contributed by atoms with van der Waals surface area (Å²) < 4.78 is 0. The second kappa shape index (κ2) is 11.6. The maximum Gasteiger partial charge on any atom is 0.0117 e. The van der Waals surface area contributed by atoms with Crippen LogP contribution in [0.4, 0.5) is 0 Å². The van der Waals surface area contributed by atoms with Crippen molar-refractivity contribution in [2.24, 2.45) is 0 Å². The third-order valence-corrected chi connectivity index (χ3v) is 3.16. The van der Waals surface area contributed by atoms with Crippen LogP contribution in [-0.2, 0) is 0 Å². The Labute approximate surface area is 99.0 Å². The molecule has 86 valence electrons. The Kier molecular flexibility index (Phi) is 12.0. The summed E-state index contributed by atoms with van der Waals surface area (Å²) >= 11 is 3.59. The SMILES string of the molecule is CCCCCCCCCCCC(C)Br. The van der Waals surface area contributed by atoms with Crippen molar-refractivity contribution in [2.75, 3.05) is 0 Å². The number of rotatable bonds is 10. The van der Waals surface area contributed by atoms with Gasteiger partial charge in [0, 0.05) is 4.83 Å². The molecule has 0 heterocycles. The van der Waals surface area contributed by atoms with E-state index < -0.39 is 0 Å². The molecule has 1 heteroatoms.